The van der Waals surface area contributed by atoms with Crippen molar-refractivity contribution < 1.29 is 4.79 Å². The number of thiophene rings is 1. The second-order valence-electron chi connectivity index (χ2n) is 9.58. The first-order valence-corrected chi connectivity index (χ1v) is 11.5. The highest BCUT2D eigenvalue weighted by atomic mass is 32.2. The lowest BCUT2D eigenvalue weighted by molar-refractivity contribution is -0.120. The Balaban J connectivity index is 2.25. The molecule has 0 radical (unpaired) electrons. The van der Waals surface area contributed by atoms with Crippen LogP contribution in [0.15, 0.2) is 9.95 Å². The molecule has 0 aliphatic carbocycles. The molecule has 0 saturated heterocycles. The van der Waals surface area contributed by atoms with Gasteiger partial charge >= 0.3 is 0 Å². The molecule has 28 heavy (non-hydrogen) atoms. The summed E-state index contributed by atoms with van der Waals surface area (Å²) in [4.78, 5) is 32.2. The first-order chi connectivity index (χ1) is 12.7. The Kier molecular flexibility index (Phi) is 6.71. The van der Waals surface area contributed by atoms with Crippen molar-refractivity contribution in [2.24, 2.45) is 5.41 Å². The molecule has 0 unspecified atom stereocenters. The maximum absolute atomic E-state index is 13.1. The summed E-state index contributed by atoms with van der Waals surface area (Å²) in [5, 5.41) is 4.44. The first kappa shape index (κ1) is 22.9. The second-order valence-corrected chi connectivity index (χ2v) is 11.7. The van der Waals surface area contributed by atoms with Crippen LogP contribution in [0, 0.1) is 19.3 Å². The predicted octanol–water partition coefficient (Wildman–Crippen LogP) is 5.08. The van der Waals surface area contributed by atoms with Crippen molar-refractivity contribution in [1.29, 1.82) is 0 Å². The minimum Gasteiger partial charge on any atom is -0.350 e. The van der Waals surface area contributed by atoms with Crippen molar-refractivity contribution in [1.82, 2.24) is 14.9 Å². The molecule has 2 heterocycles. The third kappa shape index (κ3) is 5.38. The minimum atomic E-state index is -0.285. The Morgan fingerprint density at radius 2 is 1.82 bits per heavy atom. The van der Waals surface area contributed by atoms with Crippen LogP contribution in [0.2, 0.25) is 0 Å². The molecule has 0 bridgehead atoms. The molecule has 1 amide bonds. The molecule has 0 fully saturated rings. The van der Waals surface area contributed by atoms with Crippen LogP contribution in [0.5, 0.6) is 0 Å². The molecule has 0 atom stereocenters. The molecule has 0 aromatic carbocycles. The van der Waals surface area contributed by atoms with Gasteiger partial charge < -0.3 is 5.32 Å². The van der Waals surface area contributed by atoms with E-state index in [1.807, 2.05) is 41.5 Å². The van der Waals surface area contributed by atoms with Gasteiger partial charge in [-0.1, -0.05) is 32.5 Å². The number of hydrogen-bond acceptors (Lipinski definition) is 5. The zero-order chi connectivity index (χ0) is 21.4. The number of amides is 1. The number of carbonyl (C=O) groups is 1. The van der Waals surface area contributed by atoms with Gasteiger partial charge in [0.25, 0.3) is 5.56 Å². The van der Waals surface area contributed by atoms with Gasteiger partial charge in [-0.15, -0.1) is 11.3 Å². The van der Waals surface area contributed by atoms with Crippen molar-refractivity contribution in [3.8, 4) is 0 Å². The molecule has 2 aromatic heterocycles. The molecule has 7 heteroatoms. The molecule has 1 N–H and O–H groups in total. The molecule has 2 aromatic rings. The normalized spacial score (nSPS) is 12.8. The minimum absolute atomic E-state index is 0.0159. The van der Waals surface area contributed by atoms with E-state index in [9.17, 15) is 9.59 Å². The van der Waals surface area contributed by atoms with Gasteiger partial charge in [-0.25, -0.2) is 4.98 Å². The van der Waals surface area contributed by atoms with Gasteiger partial charge in [-0.2, -0.15) is 0 Å². The van der Waals surface area contributed by atoms with Crippen LogP contribution in [-0.2, 0) is 4.79 Å². The van der Waals surface area contributed by atoms with E-state index in [-0.39, 0.29) is 34.2 Å². The van der Waals surface area contributed by atoms with E-state index in [2.05, 4.69) is 26.1 Å². The van der Waals surface area contributed by atoms with E-state index in [1.165, 1.54) is 23.1 Å². The zero-order valence-electron chi connectivity index (χ0n) is 18.5. The Hall–Kier alpha value is -1.34. The Morgan fingerprint density at radius 1 is 1.21 bits per heavy atom. The van der Waals surface area contributed by atoms with Crippen molar-refractivity contribution in [3.63, 3.8) is 0 Å². The highest BCUT2D eigenvalue weighted by Crippen LogP contribution is 2.30. The van der Waals surface area contributed by atoms with Gasteiger partial charge in [-0.3, -0.25) is 14.2 Å². The van der Waals surface area contributed by atoms with Gasteiger partial charge in [0.2, 0.25) is 5.91 Å². The Labute approximate surface area is 176 Å². The zero-order valence-corrected chi connectivity index (χ0v) is 20.2. The number of aryl methyl sites for hydroxylation is 2. The van der Waals surface area contributed by atoms with Crippen LogP contribution in [0.3, 0.4) is 0 Å². The van der Waals surface area contributed by atoms with Gasteiger partial charge in [-0.05, 0) is 58.9 Å². The number of thioether (sulfide) groups is 1. The monoisotopic (exact) mass is 423 g/mol. The smallest absolute Gasteiger partial charge is 0.263 e. The number of nitrogens with one attached hydrogen (secondary N) is 1. The maximum Gasteiger partial charge on any atom is 0.263 e. The lowest BCUT2D eigenvalue weighted by atomic mass is 9.82. The quantitative estimate of drug-likeness (QED) is 0.520. The van der Waals surface area contributed by atoms with E-state index in [4.69, 9.17) is 4.98 Å². The molecule has 5 nitrogen and oxygen atoms in total. The van der Waals surface area contributed by atoms with E-state index >= 15 is 0 Å². The van der Waals surface area contributed by atoms with Crippen LogP contribution >= 0.6 is 23.1 Å². The van der Waals surface area contributed by atoms with E-state index in [0.717, 1.165) is 21.7 Å². The Bertz CT molecular complexity index is 934. The second kappa shape index (κ2) is 8.19. The number of aromatic nitrogens is 2. The molecule has 0 spiro atoms. The highest BCUT2D eigenvalue weighted by molar-refractivity contribution is 7.99. The molecule has 0 saturated carbocycles. The largest absolute Gasteiger partial charge is 0.350 e. The fraction of sp³-hybridized carbons (Fsp3) is 0.667. The van der Waals surface area contributed by atoms with Crippen molar-refractivity contribution in [2.45, 2.75) is 85.5 Å². The maximum atomic E-state index is 13.1. The van der Waals surface area contributed by atoms with Crippen LogP contribution < -0.4 is 10.9 Å². The summed E-state index contributed by atoms with van der Waals surface area (Å²) in [5.74, 6) is 0.198. The summed E-state index contributed by atoms with van der Waals surface area (Å²) in [6.45, 7) is 18.5. The Morgan fingerprint density at radius 3 is 2.36 bits per heavy atom. The summed E-state index contributed by atoms with van der Waals surface area (Å²) in [5.41, 5.74) is 0.833. The summed E-state index contributed by atoms with van der Waals surface area (Å²) in [6.07, 6.45) is 0.880. The lowest BCUT2D eigenvalue weighted by Gasteiger charge is -2.33. The highest BCUT2D eigenvalue weighted by Gasteiger charge is 2.27. The van der Waals surface area contributed by atoms with Gasteiger partial charge in [0.1, 0.15) is 4.83 Å². The molecule has 156 valence electrons. The summed E-state index contributed by atoms with van der Waals surface area (Å²) >= 11 is 2.87. The topological polar surface area (TPSA) is 64.0 Å². The van der Waals surface area contributed by atoms with Crippen molar-refractivity contribution in [2.75, 3.05) is 5.75 Å². The standard InChI is InChI=1S/C21H33N3O2S2/c1-12(2)24-18(26)16-13(3)14(4)28-17(16)22-19(24)27-10-15(25)23-21(8,9)11-20(5,6)7/h12H,10-11H2,1-9H3,(H,23,25). The number of hydrogen-bond donors (Lipinski definition) is 1. The van der Waals surface area contributed by atoms with E-state index in [0.29, 0.717) is 10.5 Å². The van der Waals surface area contributed by atoms with Crippen LogP contribution in [-0.4, -0.2) is 26.8 Å². The van der Waals surface area contributed by atoms with Crippen molar-refractivity contribution >= 4 is 39.2 Å². The van der Waals surface area contributed by atoms with E-state index in [1.54, 1.807) is 4.57 Å². The number of rotatable bonds is 6. The third-order valence-electron chi connectivity index (χ3n) is 4.50. The molecule has 0 aliphatic rings. The van der Waals surface area contributed by atoms with Gasteiger partial charge in [0, 0.05) is 16.5 Å². The van der Waals surface area contributed by atoms with Gasteiger partial charge in [0.15, 0.2) is 5.16 Å². The number of nitrogens with zero attached hydrogens (tertiary/aromatic N) is 2. The van der Waals surface area contributed by atoms with Gasteiger partial charge in [0.05, 0.1) is 11.1 Å². The van der Waals surface area contributed by atoms with Crippen LogP contribution in [0.25, 0.3) is 10.2 Å². The summed E-state index contributed by atoms with van der Waals surface area (Å²) in [7, 11) is 0. The average molecular weight is 424 g/mol. The third-order valence-corrected chi connectivity index (χ3v) is 6.56. The van der Waals surface area contributed by atoms with E-state index < -0.39 is 0 Å². The van der Waals surface area contributed by atoms with Crippen molar-refractivity contribution in [3.05, 3.63) is 20.8 Å². The average Bonchev–Trinajstić information content (AvgIpc) is 2.76. The molecule has 0 aliphatic heterocycles. The summed E-state index contributed by atoms with van der Waals surface area (Å²) in [6, 6.07) is -0.0214. The first-order valence-electron chi connectivity index (χ1n) is 9.68. The molecular formula is C21H33N3O2S2. The molecular weight excluding hydrogens is 390 g/mol. The van der Waals surface area contributed by atoms with Crippen LogP contribution in [0.1, 0.15) is 71.4 Å². The number of fused-ring (bicyclic) bond motifs is 1. The van der Waals surface area contributed by atoms with Crippen LogP contribution in [0.4, 0.5) is 0 Å². The fourth-order valence-corrected chi connectivity index (χ4v) is 5.76. The lowest BCUT2D eigenvalue weighted by Crippen LogP contribution is -2.46. The SMILES string of the molecule is Cc1sc2nc(SCC(=O)NC(C)(C)CC(C)(C)C)n(C(C)C)c(=O)c2c1C. The molecule has 2 rings (SSSR count). The predicted molar refractivity (Wildman–Crippen MR) is 121 cm³/mol. The summed E-state index contributed by atoms with van der Waals surface area (Å²) < 4.78 is 1.71. The fourth-order valence-electron chi connectivity index (χ4n) is 3.76. The number of carbonyl (C=O) groups excluding carboxylic acids is 1.